The number of carbonyl (C=O) groups is 3. The second kappa shape index (κ2) is 6.87. The van der Waals surface area contributed by atoms with E-state index < -0.39 is 11.9 Å². The second-order valence-electron chi connectivity index (χ2n) is 7.30. The highest BCUT2D eigenvalue weighted by atomic mass is 19.1. The van der Waals surface area contributed by atoms with Crippen molar-refractivity contribution >= 4 is 17.7 Å². The van der Waals surface area contributed by atoms with Crippen LogP contribution in [0.25, 0.3) is 16.9 Å². The molecule has 30 heavy (non-hydrogen) atoms. The van der Waals surface area contributed by atoms with Crippen molar-refractivity contribution in [1.29, 1.82) is 0 Å². The highest BCUT2D eigenvalue weighted by Crippen LogP contribution is 2.30. The van der Waals surface area contributed by atoms with Gasteiger partial charge in [-0.2, -0.15) is 0 Å². The molecule has 0 aliphatic carbocycles. The van der Waals surface area contributed by atoms with Gasteiger partial charge in [0.1, 0.15) is 17.6 Å². The molecule has 1 saturated heterocycles. The SMILES string of the molecule is O=C1CCC(N2Cc3cc(-c4cn(-c5ccc(F)cc5)nn4)ccc3C2=O)C(=O)N1. The summed E-state index contributed by atoms with van der Waals surface area (Å²) in [5, 5.41) is 10.6. The first kappa shape index (κ1) is 18.2. The zero-order chi connectivity index (χ0) is 20.8. The number of carbonyl (C=O) groups excluding carboxylic acids is 3. The van der Waals surface area contributed by atoms with Crippen molar-refractivity contribution in [3.8, 4) is 16.9 Å². The minimum Gasteiger partial charge on any atom is -0.322 e. The molecular formula is C21H16FN5O3. The number of rotatable bonds is 3. The lowest BCUT2D eigenvalue weighted by atomic mass is 10.0. The molecule has 0 spiro atoms. The van der Waals surface area contributed by atoms with Gasteiger partial charge in [-0.15, -0.1) is 5.10 Å². The molecule has 3 amide bonds. The first-order chi connectivity index (χ1) is 14.5. The summed E-state index contributed by atoms with van der Waals surface area (Å²) in [6.07, 6.45) is 2.27. The van der Waals surface area contributed by atoms with E-state index in [1.54, 1.807) is 35.1 Å². The Balaban J connectivity index is 1.40. The molecule has 1 N–H and O–H groups in total. The standard InChI is InChI=1S/C21H16FN5O3/c22-14-2-4-15(5-3-14)27-11-17(24-25-27)12-1-6-16-13(9-12)10-26(21(16)30)18-7-8-19(28)23-20(18)29/h1-6,9,11,18H,7-8,10H2,(H,23,28,29). The maximum atomic E-state index is 13.1. The third kappa shape index (κ3) is 3.04. The molecule has 3 aromatic rings. The van der Waals surface area contributed by atoms with Crippen LogP contribution in [0.4, 0.5) is 4.39 Å². The summed E-state index contributed by atoms with van der Waals surface area (Å²) in [6, 6.07) is 10.6. The third-order valence-electron chi connectivity index (χ3n) is 5.40. The molecule has 150 valence electrons. The van der Waals surface area contributed by atoms with Gasteiger partial charge in [-0.05, 0) is 48.4 Å². The van der Waals surface area contributed by atoms with Crippen LogP contribution in [0.1, 0.15) is 28.8 Å². The predicted molar refractivity (Wildman–Crippen MR) is 103 cm³/mol. The number of amides is 3. The second-order valence-corrected chi connectivity index (χ2v) is 7.30. The van der Waals surface area contributed by atoms with Crippen molar-refractivity contribution in [2.24, 2.45) is 0 Å². The number of aromatic nitrogens is 3. The normalized spacial score (nSPS) is 18.5. The van der Waals surface area contributed by atoms with Gasteiger partial charge < -0.3 is 4.90 Å². The maximum absolute atomic E-state index is 13.1. The molecular weight excluding hydrogens is 389 g/mol. The lowest BCUT2D eigenvalue weighted by molar-refractivity contribution is -0.136. The van der Waals surface area contributed by atoms with E-state index in [-0.39, 0.29) is 24.1 Å². The van der Waals surface area contributed by atoms with Crippen LogP contribution in [0.5, 0.6) is 0 Å². The van der Waals surface area contributed by atoms with E-state index in [1.807, 2.05) is 6.07 Å². The van der Waals surface area contributed by atoms with Crippen LogP contribution in [0, 0.1) is 5.82 Å². The minimum atomic E-state index is -0.648. The number of piperidine rings is 1. The number of hydrogen-bond acceptors (Lipinski definition) is 5. The van der Waals surface area contributed by atoms with E-state index in [0.717, 1.165) is 11.1 Å². The third-order valence-corrected chi connectivity index (χ3v) is 5.40. The molecule has 1 aromatic heterocycles. The Morgan fingerprint density at radius 2 is 1.87 bits per heavy atom. The summed E-state index contributed by atoms with van der Waals surface area (Å²) in [6.45, 7) is 0.292. The van der Waals surface area contributed by atoms with E-state index in [0.29, 0.717) is 29.9 Å². The number of imide groups is 1. The van der Waals surface area contributed by atoms with Gasteiger partial charge in [-0.1, -0.05) is 11.3 Å². The summed E-state index contributed by atoms with van der Waals surface area (Å²) in [5.41, 5.74) is 3.39. The fourth-order valence-corrected chi connectivity index (χ4v) is 3.85. The van der Waals surface area contributed by atoms with Crippen molar-refractivity contribution in [2.45, 2.75) is 25.4 Å². The fourth-order valence-electron chi connectivity index (χ4n) is 3.85. The maximum Gasteiger partial charge on any atom is 0.255 e. The van der Waals surface area contributed by atoms with E-state index in [1.165, 1.54) is 17.0 Å². The molecule has 8 nitrogen and oxygen atoms in total. The minimum absolute atomic E-state index is 0.217. The van der Waals surface area contributed by atoms with E-state index in [2.05, 4.69) is 15.6 Å². The van der Waals surface area contributed by atoms with Crippen molar-refractivity contribution in [2.75, 3.05) is 0 Å². The number of halogens is 1. The number of fused-ring (bicyclic) bond motifs is 1. The predicted octanol–water partition coefficient (Wildman–Crippen LogP) is 1.83. The van der Waals surface area contributed by atoms with Gasteiger partial charge in [-0.25, -0.2) is 9.07 Å². The molecule has 5 rings (SSSR count). The highest BCUT2D eigenvalue weighted by Gasteiger charge is 2.39. The van der Waals surface area contributed by atoms with Crippen molar-refractivity contribution in [3.63, 3.8) is 0 Å². The summed E-state index contributed by atoms with van der Waals surface area (Å²) in [7, 11) is 0. The lowest BCUT2D eigenvalue weighted by Gasteiger charge is -2.29. The zero-order valence-electron chi connectivity index (χ0n) is 15.7. The highest BCUT2D eigenvalue weighted by molar-refractivity contribution is 6.05. The quantitative estimate of drug-likeness (QED) is 0.671. The van der Waals surface area contributed by atoms with Crippen LogP contribution in [0.15, 0.2) is 48.7 Å². The van der Waals surface area contributed by atoms with E-state index in [4.69, 9.17) is 0 Å². The Morgan fingerprint density at radius 1 is 1.07 bits per heavy atom. The average Bonchev–Trinajstić information content (AvgIpc) is 3.34. The van der Waals surface area contributed by atoms with Gasteiger partial charge in [0.25, 0.3) is 5.91 Å². The lowest BCUT2D eigenvalue weighted by Crippen LogP contribution is -2.52. The largest absolute Gasteiger partial charge is 0.322 e. The van der Waals surface area contributed by atoms with Crippen LogP contribution in [-0.4, -0.2) is 43.7 Å². The summed E-state index contributed by atoms with van der Waals surface area (Å²) in [4.78, 5) is 37.8. The van der Waals surface area contributed by atoms with E-state index in [9.17, 15) is 18.8 Å². The van der Waals surface area contributed by atoms with Gasteiger partial charge in [0.15, 0.2) is 0 Å². The first-order valence-corrected chi connectivity index (χ1v) is 9.46. The van der Waals surface area contributed by atoms with Gasteiger partial charge in [0, 0.05) is 24.1 Å². The zero-order valence-corrected chi connectivity index (χ0v) is 15.7. The van der Waals surface area contributed by atoms with Crippen LogP contribution in [0.3, 0.4) is 0 Å². The molecule has 1 atom stereocenters. The van der Waals surface area contributed by atoms with Crippen LogP contribution in [0.2, 0.25) is 0 Å². The van der Waals surface area contributed by atoms with Crippen LogP contribution >= 0.6 is 0 Å². The van der Waals surface area contributed by atoms with Crippen molar-refractivity contribution in [1.82, 2.24) is 25.2 Å². The topological polar surface area (TPSA) is 97.2 Å². The van der Waals surface area contributed by atoms with Crippen LogP contribution in [-0.2, 0) is 16.1 Å². The molecule has 2 aliphatic rings. The Kier molecular flexibility index (Phi) is 4.16. The Bertz CT molecular complexity index is 1190. The smallest absolute Gasteiger partial charge is 0.255 e. The van der Waals surface area contributed by atoms with Gasteiger partial charge in [0.05, 0.1) is 11.9 Å². The van der Waals surface area contributed by atoms with E-state index >= 15 is 0 Å². The first-order valence-electron chi connectivity index (χ1n) is 9.46. The molecule has 9 heteroatoms. The van der Waals surface area contributed by atoms with Gasteiger partial charge >= 0.3 is 0 Å². The molecule has 0 bridgehead atoms. The van der Waals surface area contributed by atoms with Gasteiger partial charge in [0.2, 0.25) is 11.8 Å². The number of nitrogens with one attached hydrogen (secondary N) is 1. The van der Waals surface area contributed by atoms with Crippen LogP contribution < -0.4 is 5.32 Å². The summed E-state index contributed by atoms with van der Waals surface area (Å²) < 4.78 is 14.7. The monoisotopic (exact) mass is 405 g/mol. The van der Waals surface area contributed by atoms with Crippen molar-refractivity contribution in [3.05, 3.63) is 65.6 Å². The molecule has 1 unspecified atom stereocenters. The molecule has 0 radical (unpaired) electrons. The number of nitrogens with zero attached hydrogens (tertiary/aromatic N) is 4. The molecule has 2 aliphatic heterocycles. The fraction of sp³-hybridized carbons (Fsp3) is 0.190. The summed E-state index contributed by atoms with van der Waals surface area (Å²) >= 11 is 0. The molecule has 0 saturated carbocycles. The van der Waals surface area contributed by atoms with Gasteiger partial charge in [-0.3, -0.25) is 19.7 Å². The average molecular weight is 405 g/mol. The molecule has 3 heterocycles. The molecule has 1 fully saturated rings. The number of hydrogen-bond donors (Lipinski definition) is 1. The van der Waals surface area contributed by atoms with Crippen molar-refractivity contribution < 1.29 is 18.8 Å². The Hall–Kier alpha value is -3.88. The summed E-state index contributed by atoms with van der Waals surface area (Å²) in [5.74, 6) is -1.30. The Morgan fingerprint density at radius 3 is 2.63 bits per heavy atom. The Labute approximate surface area is 170 Å². The molecule has 2 aromatic carbocycles. The number of benzene rings is 2.